The van der Waals surface area contributed by atoms with E-state index in [0.29, 0.717) is 45.6 Å². The number of likely N-dealkylation sites (tertiary alicyclic amines) is 3. The van der Waals surface area contributed by atoms with Crippen molar-refractivity contribution in [2.45, 2.75) is 77.8 Å². The van der Waals surface area contributed by atoms with Gasteiger partial charge in [0, 0.05) is 58.3 Å². The molecule has 4 heterocycles. The maximum absolute atomic E-state index is 14.4. The molecule has 9 heteroatoms. The number of rotatable bonds is 8. The zero-order valence-electron chi connectivity index (χ0n) is 29.9. The van der Waals surface area contributed by atoms with E-state index in [1.807, 2.05) is 53.1 Å². The number of likely N-dealkylation sites (N-methyl/N-ethyl adjacent to an activating group) is 1. The molecule has 1 aliphatic carbocycles. The van der Waals surface area contributed by atoms with E-state index in [1.54, 1.807) is 0 Å². The molecule has 5 aliphatic rings. The first-order valence-corrected chi connectivity index (χ1v) is 18.6. The number of nitrogens with zero attached hydrogens (tertiary/aromatic N) is 4. The molecule has 1 spiro atoms. The second kappa shape index (κ2) is 14.3. The van der Waals surface area contributed by atoms with Crippen LogP contribution < -0.4 is 5.32 Å². The van der Waals surface area contributed by atoms with Crippen LogP contribution in [0, 0.1) is 24.2 Å². The topological polar surface area (TPSA) is 102 Å². The number of piperidine rings is 2. The third kappa shape index (κ3) is 6.94. The van der Waals surface area contributed by atoms with Crippen molar-refractivity contribution < 1.29 is 19.2 Å². The Bertz CT molecular complexity index is 1730. The number of hydrogen-bond donors (Lipinski definition) is 1. The minimum atomic E-state index is -0.455. The molecule has 2 aromatic carbocycles. The van der Waals surface area contributed by atoms with E-state index in [1.165, 1.54) is 11.1 Å². The summed E-state index contributed by atoms with van der Waals surface area (Å²) >= 11 is 0. The average molecular weight is 678 g/mol. The summed E-state index contributed by atoms with van der Waals surface area (Å²) in [6, 6.07) is 12.2. The first-order chi connectivity index (χ1) is 24.1. The second-order valence-electron chi connectivity index (χ2n) is 15.5. The fraction of sp³-hybridized carbons (Fsp3) is 0.537. The molecule has 0 bridgehead atoms. The summed E-state index contributed by atoms with van der Waals surface area (Å²) in [6.07, 6.45) is 9.36. The number of amides is 3. The minimum absolute atomic E-state index is 0.0231. The summed E-state index contributed by atoms with van der Waals surface area (Å²) in [5.41, 5.74) is 7.73. The highest BCUT2D eigenvalue weighted by Crippen LogP contribution is 2.41. The second-order valence-corrected chi connectivity index (χ2v) is 15.5. The zero-order valence-corrected chi connectivity index (χ0v) is 29.9. The summed E-state index contributed by atoms with van der Waals surface area (Å²) in [5, 5.41) is 3.06. The molecular weight excluding hydrogens is 626 g/mol. The molecule has 0 saturated carbocycles. The van der Waals surface area contributed by atoms with Crippen molar-refractivity contribution >= 4 is 35.8 Å². The molecule has 3 amide bonds. The van der Waals surface area contributed by atoms with Crippen molar-refractivity contribution in [1.82, 2.24) is 20.0 Å². The van der Waals surface area contributed by atoms with Crippen LogP contribution in [0.25, 0.3) is 6.08 Å². The Morgan fingerprint density at radius 3 is 2.40 bits per heavy atom. The van der Waals surface area contributed by atoms with E-state index >= 15 is 0 Å². The van der Waals surface area contributed by atoms with Crippen molar-refractivity contribution in [2.75, 3.05) is 46.3 Å². The normalized spacial score (nSPS) is 21.2. The highest BCUT2D eigenvalue weighted by molar-refractivity contribution is 6.04. The van der Waals surface area contributed by atoms with Crippen molar-refractivity contribution in [1.29, 1.82) is 0 Å². The van der Waals surface area contributed by atoms with E-state index < -0.39 is 5.92 Å². The van der Waals surface area contributed by atoms with Gasteiger partial charge in [0.1, 0.15) is 0 Å². The fourth-order valence-electron chi connectivity index (χ4n) is 9.01. The number of fused-ring (bicyclic) bond motifs is 2. The molecule has 264 valence electrons. The van der Waals surface area contributed by atoms with Crippen molar-refractivity contribution in [3.05, 3.63) is 75.4 Å². The van der Waals surface area contributed by atoms with E-state index in [-0.39, 0.29) is 47.3 Å². The largest absolute Gasteiger partial charge is 0.343 e. The van der Waals surface area contributed by atoms with Crippen molar-refractivity contribution in [3.63, 3.8) is 0 Å². The van der Waals surface area contributed by atoms with Gasteiger partial charge < -0.3 is 20.0 Å². The quantitative estimate of drug-likeness (QED) is 0.447. The van der Waals surface area contributed by atoms with Crippen LogP contribution in [0.15, 0.2) is 47.0 Å². The number of ketones is 1. The molecule has 1 N–H and O–H groups in total. The Hall–Kier alpha value is -4.11. The molecule has 9 nitrogen and oxygen atoms in total. The van der Waals surface area contributed by atoms with Crippen molar-refractivity contribution in [2.24, 2.45) is 22.2 Å². The van der Waals surface area contributed by atoms with Gasteiger partial charge in [-0.2, -0.15) is 0 Å². The van der Waals surface area contributed by atoms with Gasteiger partial charge >= 0.3 is 0 Å². The standard InChI is InChI=1S/C41H51N5O4/c1-27-18-29(20-34-24-43-25-36(27)34)19-33(40(50)46-17-12-41(26-46)10-15-45(16-11-41)39(49)28(2)42-3)23-38(48)44-13-8-30(9-14-44)35-21-31-6-4-5-7-32(31)22-37(35)47/h4-7,18,20-21,24,28,30,33,42H,8-17,19,22-23,25-26H2,1-3H3/t28-,33+/m1/s1. The van der Waals surface area contributed by atoms with Gasteiger partial charge in [-0.1, -0.05) is 30.3 Å². The number of Topliss-reactive ketones (excluding diaryl/α,β-unsaturated/α-hetero) is 1. The number of aliphatic imine (C=N–C) groups is 1. The van der Waals surface area contributed by atoms with E-state index in [2.05, 4.69) is 41.5 Å². The number of carbonyl (C=O) groups is 4. The molecular formula is C41H51N5O4. The predicted molar refractivity (Wildman–Crippen MR) is 195 cm³/mol. The number of carbonyl (C=O) groups excluding carboxylic acids is 4. The smallest absolute Gasteiger partial charge is 0.239 e. The van der Waals surface area contributed by atoms with E-state index in [9.17, 15) is 19.2 Å². The Morgan fingerprint density at radius 1 is 0.940 bits per heavy atom. The van der Waals surface area contributed by atoms with E-state index in [0.717, 1.165) is 73.0 Å². The first kappa shape index (κ1) is 34.3. The van der Waals surface area contributed by atoms with Crippen LogP contribution in [0.3, 0.4) is 0 Å². The lowest BCUT2D eigenvalue weighted by atomic mass is 9.77. The lowest BCUT2D eigenvalue weighted by molar-refractivity contribution is -0.141. The number of allylic oxidation sites excluding steroid dienone is 1. The molecule has 7 rings (SSSR count). The van der Waals surface area contributed by atoms with Crippen LogP contribution in [0.2, 0.25) is 0 Å². The van der Waals surface area contributed by atoms with Crippen LogP contribution in [0.4, 0.5) is 0 Å². The van der Waals surface area contributed by atoms with Gasteiger partial charge in [0.15, 0.2) is 5.78 Å². The molecule has 50 heavy (non-hydrogen) atoms. The molecule has 0 radical (unpaired) electrons. The highest BCUT2D eigenvalue weighted by atomic mass is 16.2. The molecule has 0 aromatic heterocycles. The van der Waals surface area contributed by atoms with E-state index in [4.69, 9.17) is 0 Å². The van der Waals surface area contributed by atoms with Crippen LogP contribution in [0.1, 0.15) is 78.8 Å². The van der Waals surface area contributed by atoms with Crippen LogP contribution in [0.5, 0.6) is 0 Å². The summed E-state index contributed by atoms with van der Waals surface area (Å²) in [5.74, 6) is 0.117. The Kier molecular flexibility index (Phi) is 9.79. The number of benzene rings is 2. The Labute approximate surface area is 296 Å². The number of hydrogen-bond acceptors (Lipinski definition) is 6. The SMILES string of the molecule is CN[C@H](C)C(=O)N1CCC2(CCN(C(=O)[C@H](CC(=O)N3CCC(C4=Cc5ccccc5CC4=O)CC3)Cc3cc(C)c4c(c3)C=NC4)C2)CC1. The predicted octanol–water partition coefficient (Wildman–Crippen LogP) is 4.37. The Balaban J connectivity index is 1.03. The fourth-order valence-corrected chi connectivity index (χ4v) is 9.01. The third-order valence-corrected chi connectivity index (χ3v) is 12.3. The number of nitrogens with one attached hydrogen (secondary N) is 1. The summed E-state index contributed by atoms with van der Waals surface area (Å²) in [6.45, 7) is 8.71. The highest BCUT2D eigenvalue weighted by Gasteiger charge is 2.44. The zero-order chi connectivity index (χ0) is 35.0. The van der Waals surface area contributed by atoms with Crippen LogP contribution >= 0.6 is 0 Å². The summed E-state index contributed by atoms with van der Waals surface area (Å²) in [7, 11) is 1.81. The van der Waals surface area contributed by atoms with Gasteiger partial charge in [-0.25, -0.2) is 0 Å². The van der Waals surface area contributed by atoms with Crippen LogP contribution in [-0.4, -0.2) is 96.8 Å². The Morgan fingerprint density at radius 2 is 1.66 bits per heavy atom. The van der Waals surface area contributed by atoms with Crippen molar-refractivity contribution in [3.8, 4) is 0 Å². The lowest BCUT2D eigenvalue weighted by Gasteiger charge is -2.40. The molecule has 3 saturated heterocycles. The molecule has 3 fully saturated rings. The first-order valence-electron chi connectivity index (χ1n) is 18.6. The monoisotopic (exact) mass is 677 g/mol. The third-order valence-electron chi connectivity index (χ3n) is 12.3. The maximum Gasteiger partial charge on any atom is 0.239 e. The summed E-state index contributed by atoms with van der Waals surface area (Å²) in [4.78, 5) is 64.6. The van der Waals surface area contributed by atoms with Gasteiger partial charge in [-0.3, -0.25) is 24.2 Å². The molecule has 0 unspecified atom stereocenters. The van der Waals surface area contributed by atoms with Gasteiger partial charge in [-0.05, 0) is 122 Å². The molecule has 4 aliphatic heterocycles. The average Bonchev–Trinajstić information content (AvgIpc) is 3.78. The van der Waals surface area contributed by atoms with Crippen LogP contribution in [-0.2, 0) is 38.6 Å². The summed E-state index contributed by atoms with van der Waals surface area (Å²) < 4.78 is 0. The number of aryl methyl sites for hydroxylation is 1. The minimum Gasteiger partial charge on any atom is -0.343 e. The van der Waals surface area contributed by atoms with Gasteiger partial charge in [-0.15, -0.1) is 0 Å². The van der Waals surface area contributed by atoms with Gasteiger partial charge in [0.05, 0.1) is 18.5 Å². The maximum atomic E-state index is 14.4. The van der Waals surface area contributed by atoms with Gasteiger partial charge in [0.25, 0.3) is 0 Å². The van der Waals surface area contributed by atoms with Gasteiger partial charge in [0.2, 0.25) is 17.7 Å². The molecule has 2 atom stereocenters. The molecule has 2 aromatic rings. The lowest BCUT2D eigenvalue weighted by Crippen LogP contribution is -2.50.